The van der Waals surface area contributed by atoms with Crippen LogP contribution < -0.4 is 4.74 Å². The van der Waals surface area contributed by atoms with Crippen LogP contribution in [0.4, 0.5) is 4.39 Å². The number of benzene rings is 1. The molecule has 1 saturated carbocycles. The van der Waals surface area contributed by atoms with Crippen molar-refractivity contribution in [2.75, 3.05) is 7.11 Å². The van der Waals surface area contributed by atoms with Crippen LogP contribution >= 0.6 is 0 Å². The summed E-state index contributed by atoms with van der Waals surface area (Å²) in [7, 11) is 1.55. The van der Waals surface area contributed by atoms with Crippen molar-refractivity contribution in [3.63, 3.8) is 0 Å². The number of nitrogens with zero attached hydrogens (tertiary/aromatic N) is 1. The Labute approximate surface area is 124 Å². The lowest BCUT2D eigenvalue weighted by atomic mass is 9.61. The van der Waals surface area contributed by atoms with Crippen LogP contribution in [-0.2, 0) is 11.8 Å². The molecule has 3 nitrogen and oxygen atoms in total. The first-order valence-electron chi connectivity index (χ1n) is 7.69. The van der Waals surface area contributed by atoms with E-state index in [1.165, 1.54) is 12.5 Å². The maximum atomic E-state index is 14.5. The molecule has 114 valence electrons. The third-order valence-corrected chi connectivity index (χ3v) is 5.24. The fourth-order valence-corrected chi connectivity index (χ4v) is 4.10. The van der Waals surface area contributed by atoms with Crippen LogP contribution in [0, 0.1) is 11.7 Å². The topological polar surface area (TPSA) is 41.8 Å². The summed E-state index contributed by atoms with van der Waals surface area (Å²) >= 11 is 0. The first-order chi connectivity index (χ1) is 10.1. The van der Waals surface area contributed by atoms with Crippen LogP contribution in [-0.4, -0.2) is 18.0 Å². The highest BCUT2D eigenvalue weighted by Gasteiger charge is 2.44. The van der Waals surface area contributed by atoms with E-state index < -0.39 is 0 Å². The second-order valence-corrected chi connectivity index (χ2v) is 6.45. The van der Waals surface area contributed by atoms with Gasteiger partial charge in [0.05, 0.1) is 12.8 Å². The third kappa shape index (κ3) is 2.21. The summed E-state index contributed by atoms with van der Waals surface area (Å²) in [6, 6.07) is 3.38. The Morgan fingerprint density at radius 2 is 2.14 bits per heavy atom. The van der Waals surface area contributed by atoms with Gasteiger partial charge in [0.2, 0.25) is 0 Å². The molecular formula is C17H22FNO2. The lowest BCUT2D eigenvalue weighted by molar-refractivity contribution is 0.295. The van der Waals surface area contributed by atoms with Gasteiger partial charge in [-0.3, -0.25) is 0 Å². The molecule has 1 N–H and O–H groups in total. The van der Waals surface area contributed by atoms with E-state index in [2.05, 4.69) is 12.1 Å². The molecule has 0 radical (unpaired) electrons. The van der Waals surface area contributed by atoms with E-state index in [1.807, 2.05) is 6.07 Å². The standard InChI is InChI=1S/C17H22FNO2/c1-17-7-5-3-4-6-11(16(17)19-20)8-13-14(17)9-12(21-2)10-15(13)18/h9-11,20H,3-8H2,1-2H3/b19-16+/t11-,17+/m0/s1. The van der Waals surface area contributed by atoms with Crippen molar-refractivity contribution in [3.8, 4) is 5.75 Å². The summed E-state index contributed by atoms with van der Waals surface area (Å²) < 4.78 is 19.7. The molecule has 3 rings (SSSR count). The molecule has 0 aromatic heterocycles. The largest absolute Gasteiger partial charge is 0.497 e. The van der Waals surface area contributed by atoms with Crippen LogP contribution in [0.3, 0.4) is 0 Å². The summed E-state index contributed by atoms with van der Waals surface area (Å²) in [4.78, 5) is 0. The SMILES string of the molecule is COc1cc(F)c2c(c1)[C@@]1(C)CCCCC[C@@H](C2)/C1=N\O. The quantitative estimate of drug-likeness (QED) is 0.626. The van der Waals surface area contributed by atoms with E-state index in [0.717, 1.165) is 42.5 Å². The predicted molar refractivity (Wildman–Crippen MR) is 79.8 cm³/mol. The zero-order valence-electron chi connectivity index (χ0n) is 12.7. The first-order valence-corrected chi connectivity index (χ1v) is 7.69. The number of halogens is 1. The monoisotopic (exact) mass is 291 g/mol. The van der Waals surface area contributed by atoms with Gasteiger partial charge in [-0.25, -0.2) is 4.39 Å². The Balaban J connectivity index is 2.21. The molecule has 0 amide bonds. The van der Waals surface area contributed by atoms with Crippen LogP contribution in [0.1, 0.15) is 50.2 Å². The van der Waals surface area contributed by atoms with E-state index in [-0.39, 0.29) is 17.2 Å². The molecule has 2 aliphatic carbocycles. The number of hydrogen-bond acceptors (Lipinski definition) is 3. The molecule has 0 unspecified atom stereocenters. The Morgan fingerprint density at radius 3 is 2.86 bits per heavy atom. The van der Waals surface area contributed by atoms with E-state index in [1.54, 1.807) is 7.11 Å². The molecule has 1 aromatic rings. The molecule has 1 aromatic carbocycles. The molecular weight excluding hydrogens is 269 g/mol. The van der Waals surface area contributed by atoms with Crippen molar-refractivity contribution in [3.05, 3.63) is 29.1 Å². The number of oxime groups is 1. The molecule has 21 heavy (non-hydrogen) atoms. The zero-order valence-corrected chi connectivity index (χ0v) is 12.7. The van der Waals surface area contributed by atoms with Gasteiger partial charge in [-0.2, -0.15) is 0 Å². The summed E-state index contributed by atoms with van der Waals surface area (Å²) in [6.45, 7) is 2.08. The minimum absolute atomic E-state index is 0.149. The van der Waals surface area contributed by atoms with Crippen LogP contribution in [0.15, 0.2) is 17.3 Å². The minimum atomic E-state index is -0.386. The van der Waals surface area contributed by atoms with Gasteiger partial charge in [0.15, 0.2) is 0 Å². The fourth-order valence-electron chi connectivity index (χ4n) is 4.10. The maximum absolute atomic E-state index is 14.5. The van der Waals surface area contributed by atoms with Crippen molar-refractivity contribution < 1.29 is 14.3 Å². The van der Waals surface area contributed by atoms with Crippen molar-refractivity contribution >= 4 is 5.71 Å². The molecule has 2 bridgehead atoms. The number of fused-ring (bicyclic) bond motifs is 4. The molecule has 2 atom stereocenters. The van der Waals surface area contributed by atoms with E-state index in [4.69, 9.17) is 4.74 Å². The normalized spacial score (nSPS) is 30.4. The number of rotatable bonds is 1. The highest BCUT2D eigenvalue weighted by Crippen LogP contribution is 2.46. The number of methoxy groups -OCH3 is 1. The molecule has 0 spiro atoms. The van der Waals surface area contributed by atoms with Gasteiger partial charge in [0.25, 0.3) is 0 Å². The summed E-state index contributed by atoms with van der Waals surface area (Å²) in [6.07, 6.45) is 5.86. The van der Waals surface area contributed by atoms with Gasteiger partial charge in [-0.1, -0.05) is 31.3 Å². The molecule has 4 heteroatoms. The van der Waals surface area contributed by atoms with Gasteiger partial charge in [-0.05, 0) is 36.5 Å². The van der Waals surface area contributed by atoms with Gasteiger partial charge in [0, 0.05) is 17.4 Å². The lowest BCUT2D eigenvalue weighted by Crippen LogP contribution is -2.44. The highest BCUT2D eigenvalue weighted by molar-refractivity contribution is 5.98. The van der Waals surface area contributed by atoms with Crippen molar-refractivity contribution in [2.24, 2.45) is 11.1 Å². The molecule has 1 fully saturated rings. The Kier molecular flexibility index (Phi) is 3.64. The number of hydrogen-bond donors (Lipinski definition) is 1. The van der Waals surface area contributed by atoms with Gasteiger partial charge in [-0.15, -0.1) is 0 Å². The van der Waals surface area contributed by atoms with Crippen molar-refractivity contribution in [2.45, 2.75) is 50.9 Å². The Bertz CT molecular complexity index is 584. The minimum Gasteiger partial charge on any atom is -0.497 e. The highest BCUT2D eigenvalue weighted by atomic mass is 19.1. The zero-order chi connectivity index (χ0) is 15.0. The summed E-state index contributed by atoms with van der Waals surface area (Å²) in [5.41, 5.74) is 2.15. The Morgan fingerprint density at radius 1 is 1.33 bits per heavy atom. The molecule has 2 aliphatic rings. The van der Waals surface area contributed by atoms with E-state index in [0.29, 0.717) is 12.2 Å². The Hall–Kier alpha value is -1.58. The first kappa shape index (κ1) is 14.4. The second kappa shape index (κ2) is 5.32. The summed E-state index contributed by atoms with van der Waals surface area (Å²) in [5.74, 6) is 0.485. The van der Waals surface area contributed by atoms with Crippen LogP contribution in [0.5, 0.6) is 5.75 Å². The molecule has 0 saturated heterocycles. The smallest absolute Gasteiger partial charge is 0.130 e. The second-order valence-electron chi connectivity index (χ2n) is 6.45. The van der Waals surface area contributed by atoms with Crippen LogP contribution in [0.25, 0.3) is 0 Å². The maximum Gasteiger partial charge on any atom is 0.130 e. The molecule has 0 heterocycles. The van der Waals surface area contributed by atoms with Crippen molar-refractivity contribution in [1.29, 1.82) is 0 Å². The lowest BCUT2D eigenvalue weighted by Gasteiger charge is -2.42. The van der Waals surface area contributed by atoms with Crippen LogP contribution in [0.2, 0.25) is 0 Å². The molecule has 0 aliphatic heterocycles. The van der Waals surface area contributed by atoms with E-state index in [9.17, 15) is 9.60 Å². The average Bonchev–Trinajstić information content (AvgIpc) is 2.46. The third-order valence-electron chi connectivity index (χ3n) is 5.24. The predicted octanol–water partition coefficient (Wildman–Crippen LogP) is 4.06. The van der Waals surface area contributed by atoms with Gasteiger partial charge < -0.3 is 9.94 Å². The number of ether oxygens (including phenoxy) is 1. The van der Waals surface area contributed by atoms with E-state index >= 15 is 0 Å². The van der Waals surface area contributed by atoms with Gasteiger partial charge in [0.1, 0.15) is 11.6 Å². The van der Waals surface area contributed by atoms with Crippen molar-refractivity contribution in [1.82, 2.24) is 0 Å². The van der Waals surface area contributed by atoms with Gasteiger partial charge >= 0.3 is 0 Å². The average molecular weight is 291 g/mol. The fraction of sp³-hybridized carbons (Fsp3) is 0.588. The summed E-state index contributed by atoms with van der Waals surface area (Å²) in [5, 5.41) is 13.2.